The molecule has 2 N–H and O–H groups in total. The predicted molar refractivity (Wildman–Crippen MR) is 112 cm³/mol. The van der Waals surface area contributed by atoms with Gasteiger partial charge in [0.05, 0.1) is 30.5 Å². The number of nitrogens with one attached hydrogen (secondary N) is 2. The second kappa shape index (κ2) is 8.60. The fraction of sp³-hybridized carbons (Fsp3) is 0.227. The van der Waals surface area contributed by atoms with Crippen LogP contribution < -0.4 is 15.4 Å². The lowest BCUT2D eigenvalue weighted by atomic mass is 10.1. The average Bonchev–Trinajstić information content (AvgIpc) is 2.94. The normalized spacial score (nSPS) is 10.5. The number of hydrogen-bond acceptors (Lipinski definition) is 4. The first kappa shape index (κ1) is 20.1. The number of methoxy groups -OCH3 is 1. The molecule has 3 rings (SSSR count). The fourth-order valence-electron chi connectivity index (χ4n) is 3.12. The Balaban J connectivity index is 1.76. The summed E-state index contributed by atoms with van der Waals surface area (Å²) in [7, 11) is 3.42. The van der Waals surface area contributed by atoms with Gasteiger partial charge in [-0.05, 0) is 38.1 Å². The number of nitrogens with zero attached hydrogens (tertiary/aromatic N) is 2. The first-order valence-corrected chi connectivity index (χ1v) is 9.22. The molecular weight excluding hydrogens is 368 g/mol. The Morgan fingerprint density at radius 1 is 1.07 bits per heavy atom. The largest absolute Gasteiger partial charge is 0.497 e. The van der Waals surface area contributed by atoms with E-state index in [-0.39, 0.29) is 18.2 Å². The van der Waals surface area contributed by atoms with Crippen molar-refractivity contribution in [3.8, 4) is 5.75 Å². The summed E-state index contributed by atoms with van der Waals surface area (Å²) in [6.07, 6.45) is 0.192. The van der Waals surface area contributed by atoms with Crippen molar-refractivity contribution < 1.29 is 14.3 Å². The van der Waals surface area contributed by atoms with Crippen LogP contribution in [0.15, 0.2) is 48.5 Å². The van der Waals surface area contributed by atoms with Crippen molar-refractivity contribution in [3.63, 3.8) is 0 Å². The lowest BCUT2D eigenvalue weighted by Crippen LogP contribution is -2.20. The van der Waals surface area contributed by atoms with Gasteiger partial charge in [0.25, 0.3) is 5.91 Å². The summed E-state index contributed by atoms with van der Waals surface area (Å²) in [5.41, 5.74) is 4.10. The molecule has 0 radical (unpaired) electrons. The van der Waals surface area contributed by atoms with E-state index in [1.54, 1.807) is 60.3 Å². The van der Waals surface area contributed by atoms with Gasteiger partial charge in [0.15, 0.2) is 0 Å². The number of aromatic nitrogens is 2. The van der Waals surface area contributed by atoms with E-state index in [0.717, 1.165) is 17.0 Å². The summed E-state index contributed by atoms with van der Waals surface area (Å²) in [6, 6.07) is 14.0. The Morgan fingerprint density at radius 2 is 1.83 bits per heavy atom. The van der Waals surface area contributed by atoms with Crippen LogP contribution >= 0.6 is 0 Å². The molecule has 29 heavy (non-hydrogen) atoms. The van der Waals surface area contributed by atoms with E-state index in [9.17, 15) is 9.59 Å². The molecule has 2 amide bonds. The minimum atomic E-state index is -0.317. The van der Waals surface area contributed by atoms with Crippen LogP contribution in [-0.2, 0) is 18.3 Å². The minimum Gasteiger partial charge on any atom is -0.497 e. The highest BCUT2D eigenvalue weighted by atomic mass is 16.5. The Labute approximate surface area is 169 Å². The Kier molecular flexibility index (Phi) is 5.97. The average molecular weight is 392 g/mol. The maximum atomic E-state index is 12.8. The van der Waals surface area contributed by atoms with Crippen LogP contribution in [-0.4, -0.2) is 28.7 Å². The van der Waals surface area contributed by atoms with Crippen molar-refractivity contribution in [1.29, 1.82) is 0 Å². The zero-order chi connectivity index (χ0) is 21.0. The maximum absolute atomic E-state index is 12.8. The molecule has 0 aliphatic heterocycles. The van der Waals surface area contributed by atoms with Gasteiger partial charge in [-0.15, -0.1) is 0 Å². The van der Waals surface area contributed by atoms with E-state index in [1.807, 2.05) is 20.9 Å². The van der Waals surface area contributed by atoms with Gasteiger partial charge in [0.1, 0.15) is 5.75 Å². The third-order valence-electron chi connectivity index (χ3n) is 4.77. The zero-order valence-corrected chi connectivity index (χ0v) is 16.9. The van der Waals surface area contributed by atoms with Crippen LogP contribution in [0.4, 0.5) is 11.4 Å². The van der Waals surface area contributed by atoms with E-state index in [0.29, 0.717) is 22.7 Å². The van der Waals surface area contributed by atoms with Crippen LogP contribution in [0.25, 0.3) is 0 Å². The SMILES string of the molecule is COc1cccc(NC(=O)c2ccccc2NC(=O)Cc2c(C)nn(C)c2C)c1. The fourth-order valence-corrected chi connectivity index (χ4v) is 3.12. The molecule has 0 bridgehead atoms. The highest BCUT2D eigenvalue weighted by Crippen LogP contribution is 2.21. The third kappa shape index (κ3) is 4.63. The van der Waals surface area contributed by atoms with E-state index < -0.39 is 0 Å². The molecule has 0 saturated carbocycles. The van der Waals surface area contributed by atoms with Crippen molar-refractivity contribution in [3.05, 3.63) is 71.0 Å². The van der Waals surface area contributed by atoms with E-state index in [4.69, 9.17) is 4.74 Å². The molecule has 7 nitrogen and oxygen atoms in total. The number of amides is 2. The van der Waals surface area contributed by atoms with Gasteiger partial charge in [0, 0.05) is 30.1 Å². The van der Waals surface area contributed by atoms with Crippen molar-refractivity contribution in [1.82, 2.24) is 9.78 Å². The molecule has 0 atom stereocenters. The first-order chi connectivity index (χ1) is 13.9. The number of rotatable bonds is 6. The summed E-state index contributed by atoms with van der Waals surface area (Å²) in [5.74, 6) is 0.125. The molecule has 0 unspecified atom stereocenters. The summed E-state index contributed by atoms with van der Waals surface area (Å²) < 4.78 is 6.94. The second-order valence-electron chi connectivity index (χ2n) is 6.73. The maximum Gasteiger partial charge on any atom is 0.257 e. The van der Waals surface area contributed by atoms with Crippen LogP contribution in [0.3, 0.4) is 0 Å². The van der Waals surface area contributed by atoms with Gasteiger partial charge >= 0.3 is 0 Å². The third-order valence-corrected chi connectivity index (χ3v) is 4.77. The van der Waals surface area contributed by atoms with Crippen molar-refractivity contribution >= 4 is 23.2 Å². The molecule has 0 saturated heterocycles. The number of benzene rings is 2. The number of ether oxygens (including phenoxy) is 1. The predicted octanol–water partition coefficient (Wildman–Crippen LogP) is 3.48. The smallest absolute Gasteiger partial charge is 0.257 e. The first-order valence-electron chi connectivity index (χ1n) is 9.22. The molecule has 2 aromatic carbocycles. The van der Waals surface area contributed by atoms with Gasteiger partial charge < -0.3 is 15.4 Å². The van der Waals surface area contributed by atoms with E-state index in [1.165, 1.54) is 0 Å². The number of anilines is 2. The molecule has 0 aliphatic carbocycles. The van der Waals surface area contributed by atoms with Crippen molar-refractivity contribution in [2.24, 2.45) is 7.05 Å². The van der Waals surface area contributed by atoms with Crippen LogP contribution in [0.5, 0.6) is 5.75 Å². The standard InChI is InChI=1S/C22H24N4O3/c1-14-19(15(2)26(3)25-14)13-21(27)24-20-11-6-5-10-18(20)22(28)23-16-8-7-9-17(12-16)29-4/h5-12H,13H2,1-4H3,(H,23,28)(H,24,27). The topological polar surface area (TPSA) is 85.2 Å². The summed E-state index contributed by atoms with van der Waals surface area (Å²) in [6.45, 7) is 3.81. The second-order valence-corrected chi connectivity index (χ2v) is 6.73. The number of aryl methyl sites for hydroxylation is 2. The molecular formula is C22H24N4O3. The molecule has 3 aromatic rings. The van der Waals surface area contributed by atoms with Crippen LogP contribution in [0.2, 0.25) is 0 Å². The molecule has 1 heterocycles. The van der Waals surface area contributed by atoms with Crippen LogP contribution in [0, 0.1) is 13.8 Å². The number of para-hydroxylation sites is 1. The number of carbonyl (C=O) groups is 2. The molecule has 0 spiro atoms. The molecule has 1 aromatic heterocycles. The van der Waals surface area contributed by atoms with Gasteiger partial charge in [-0.1, -0.05) is 18.2 Å². The summed E-state index contributed by atoms with van der Waals surface area (Å²) >= 11 is 0. The summed E-state index contributed by atoms with van der Waals surface area (Å²) in [4.78, 5) is 25.4. The molecule has 0 aliphatic rings. The Morgan fingerprint density at radius 3 is 2.52 bits per heavy atom. The van der Waals surface area contributed by atoms with E-state index in [2.05, 4.69) is 15.7 Å². The van der Waals surface area contributed by atoms with Crippen molar-refractivity contribution in [2.45, 2.75) is 20.3 Å². The van der Waals surface area contributed by atoms with Crippen LogP contribution in [0.1, 0.15) is 27.3 Å². The quantitative estimate of drug-likeness (QED) is 0.673. The number of carbonyl (C=O) groups excluding carboxylic acids is 2. The molecule has 150 valence electrons. The highest BCUT2D eigenvalue weighted by Gasteiger charge is 2.17. The number of hydrogen-bond donors (Lipinski definition) is 2. The lowest BCUT2D eigenvalue weighted by Gasteiger charge is -2.12. The molecule has 0 fully saturated rings. The van der Waals surface area contributed by atoms with Gasteiger partial charge in [0.2, 0.25) is 5.91 Å². The van der Waals surface area contributed by atoms with Gasteiger partial charge in [-0.2, -0.15) is 5.10 Å². The summed E-state index contributed by atoms with van der Waals surface area (Å²) in [5, 5.41) is 10.0. The van der Waals surface area contributed by atoms with Gasteiger partial charge in [-0.25, -0.2) is 0 Å². The zero-order valence-electron chi connectivity index (χ0n) is 16.9. The monoisotopic (exact) mass is 392 g/mol. The van der Waals surface area contributed by atoms with Crippen molar-refractivity contribution in [2.75, 3.05) is 17.7 Å². The Hall–Kier alpha value is -3.61. The van der Waals surface area contributed by atoms with E-state index >= 15 is 0 Å². The van der Waals surface area contributed by atoms with Gasteiger partial charge in [-0.3, -0.25) is 14.3 Å². The highest BCUT2D eigenvalue weighted by molar-refractivity contribution is 6.10. The Bertz CT molecular complexity index is 1060. The minimum absolute atomic E-state index is 0.192. The molecule has 7 heteroatoms. The lowest BCUT2D eigenvalue weighted by molar-refractivity contribution is -0.115.